The second-order valence-electron chi connectivity index (χ2n) is 6.30. The van der Waals surface area contributed by atoms with Gasteiger partial charge < -0.3 is 15.0 Å². The quantitative estimate of drug-likeness (QED) is 0.705. The van der Waals surface area contributed by atoms with E-state index in [2.05, 4.69) is 21.2 Å². The first-order chi connectivity index (χ1) is 12.6. The smallest absolute Gasteiger partial charge is 0.230 e. The molecule has 1 fully saturated rings. The maximum atomic E-state index is 12.8. The van der Waals surface area contributed by atoms with E-state index in [0.717, 1.165) is 37.3 Å². The van der Waals surface area contributed by atoms with Gasteiger partial charge in [-0.15, -0.1) is 0 Å². The molecule has 26 heavy (non-hydrogen) atoms. The van der Waals surface area contributed by atoms with Crippen molar-refractivity contribution in [2.45, 2.75) is 6.42 Å². The van der Waals surface area contributed by atoms with Crippen LogP contribution in [0.1, 0.15) is 22.3 Å². The molecule has 2 aromatic carbocycles. The lowest BCUT2D eigenvalue weighted by atomic mass is 10.0. The lowest BCUT2D eigenvalue weighted by Crippen LogP contribution is -3.14. The third kappa shape index (κ3) is 5.00. The van der Waals surface area contributed by atoms with Crippen molar-refractivity contribution in [3.05, 3.63) is 64.1 Å². The highest BCUT2D eigenvalue weighted by Crippen LogP contribution is 2.24. The maximum Gasteiger partial charge on any atom is 0.230 e. The standard InChI is InChI=1S/C20H21BrN2O3/c21-16-6-7-18(17(14-16)20(25)15-4-2-1-3-5-15)22-19(24)8-9-23-10-12-26-13-11-23/h1-7,14H,8-13H2,(H,22,24)/p+1. The highest BCUT2D eigenvalue weighted by molar-refractivity contribution is 9.10. The SMILES string of the molecule is O=C(CC[NH+]1CCOCC1)Nc1ccc(Br)cc1C(=O)c1ccccc1. The summed E-state index contributed by atoms with van der Waals surface area (Å²) >= 11 is 3.41. The van der Waals surface area contributed by atoms with Gasteiger partial charge in [-0.05, 0) is 18.2 Å². The van der Waals surface area contributed by atoms with Crippen molar-refractivity contribution in [1.29, 1.82) is 0 Å². The van der Waals surface area contributed by atoms with E-state index in [1.807, 2.05) is 24.3 Å². The summed E-state index contributed by atoms with van der Waals surface area (Å²) in [6.45, 7) is 4.14. The molecule has 0 unspecified atom stereocenters. The van der Waals surface area contributed by atoms with Gasteiger partial charge in [0.15, 0.2) is 5.78 Å². The van der Waals surface area contributed by atoms with E-state index in [1.165, 1.54) is 4.90 Å². The number of carbonyl (C=O) groups is 2. The topological polar surface area (TPSA) is 59.8 Å². The molecular weight excluding hydrogens is 396 g/mol. The first-order valence-electron chi connectivity index (χ1n) is 8.74. The van der Waals surface area contributed by atoms with Crippen molar-refractivity contribution in [2.75, 3.05) is 38.2 Å². The van der Waals surface area contributed by atoms with Gasteiger partial charge in [0.1, 0.15) is 13.1 Å². The summed E-state index contributed by atoms with van der Waals surface area (Å²) in [7, 11) is 0. The first kappa shape index (κ1) is 18.8. The summed E-state index contributed by atoms with van der Waals surface area (Å²) < 4.78 is 6.13. The van der Waals surface area contributed by atoms with Crippen molar-refractivity contribution >= 4 is 33.3 Å². The Bertz CT molecular complexity index is 774. The number of hydrogen-bond donors (Lipinski definition) is 2. The number of carbonyl (C=O) groups excluding carboxylic acids is 2. The van der Waals surface area contributed by atoms with Crippen molar-refractivity contribution in [1.82, 2.24) is 0 Å². The fraction of sp³-hybridized carbons (Fsp3) is 0.300. The zero-order valence-electron chi connectivity index (χ0n) is 14.5. The molecule has 1 amide bonds. The number of rotatable bonds is 6. The van der Waals surface area contributed by atoms with Crippen molar-refractivity contribution in [3.63, 3.8) is 0 Å². The normalized spacial score (nSPS) is 14.8. The Morgan fingerprint density at radius 2 is 1.81 bits per heavy atom. The van der Waals surface area contributed by atoms with E-state index < -0.39 is 0 Å². The third-order valence-electron chi connectivity index (χ3n) is 4.44. The average Bonchev–Trinajstić information content (AvgIpc) is 2.69. The highest BCUT2D eigenvalue weighted by atomic mass is 79.9. The largest absolute Gasteiger partial charge is 0.370 e. The van der Waals surface area contributed by atoms with E-state index in [0.29, 0.717) is 23.2 Å². The predicted molar refractivity (Wildman–Crippen MR) is 104 cm³/mol. The molecule has 6 heteroatoms. The number of ketones is 1. The van der Waals surface area contributed by atoms with Gasteiger partial charge in [0, 0.05) is 15.6 Å². The Morgan fingerprint density at radius 1 is 1.08 bits per heavy atom. The van der Waals surface area contributed by atoms with Gasteiger partial charge in [-0.3, -0.25) is 9.59 Å². The van der Waals surface area contributed by atoms with E-state index >= 15 is 0 Å². The molecule has 0 spiro atoms. The number of amides is 1. The van der Waals surface area contributed by atoms with Crippen molar-refractivity contribution in [2.24, 2.45) is 0 Å². The fourth-order valence-corrected chi connectivity index (χ4v) is 3.33. The molecule has 0 atom stereocenters. The molecule has 1 heterocycles. The molecule has 0 saturated carbocycles. The Labute approximate surface area is 161 Å². The van der Waals surface area contributed by atoms with Crippen LogP contribution >= 0.6 is 15.9 Å². The number of ether oxygens (including phenoxy) is 1. The zero-order chi connectivity index (χ0) is 18.4. The lowest BCUT2D eigenvalue weighted by Gasteiger charge is -2.23. The van der Waals surface area contributed by atoms with Gasteiger partial charge in [-0.2, -0.15) is 0 Å². The van der Waals surface area contributed by atoms with Crippen LogP contribution in [0.2, 0.25) is 0 Å². The second-order valence-corrected chi connectivity index (χ2v) is 7.21. The molecule has 0 aromatic heterocycles. The van der Waals surface area contributed by atoms with Gasteiger partial charge in [0.05, 0.1) is 31.9 Å². The molecular formula is C20H22BrN2O3+. The predicted octanol–water partition coefficient (Wildman–Crippen LogP) is 1.92. The number of benzene rings is 2. The molecule has 1 aliphatic rings. The molecule has 1 saturated heterocycles. The van der Waals surface area contributed by atoms with Crippen LogP contribution < -0.4 is 10.2 Å². The molecule has 3 rings (SSSR count). The number of quaternary nitrogens is 1. The monoisotopic (exact) mass is 417 g/mol. The van der Waals surface area contributed by atoms with E-state index in [9.17, 15) is 9.59 Å². The number of hydrogen-bond acceptors (Lipinski definition) is 3. The van der Waals surface area contributed by atoms with Crippen LogP contribution in [0.5, 0.6) is 0 Å². The molecule has 5 nitrogen and oxygen atoms in total. The van der Waals surface area contributed by atoms with E-state index in [-0.39, 0.29) is 11.7 Å². The van der Waals surface area contributed by atoms with E-state index in [4.69, 9.17) is 4.74 Å². The number of morpholine rings is 1. The number of nitrogens with one attached hydrogen (secondary N) is 2. The second kappa shape index (κ2) is 9.07. The Hall–Kier alpha value is -2.02. The summed E-state index contributed by atoms with van der Waals surface area (Å²) in [6, 6.07) is 14.4. The van der Waals surface area contributed by atoms with Crippen LogP contribution in [0, 0.1) is 0 Å². The molecule has 1 aliphatic heterocycles. The Morgan fingerprint density at radius 3 is 2.54 bits per heavy atom. The maximum absolute atomic E-state index is 12.8. The third-order valence-corrected chi connectivity index (χ3v) is 4.94. The molecule has 0 bridgehead atoms. The van der Waals surface area contributed by atoms with Gasteiger partial charge in [-0.1, -0.05) is 46.3 Å². The highest BCUT2D eigenvalue weighted by Gasteiger charge is 2.18. The van der Waals surface area contributed by atoms with Gasteiger partial charge in [0.2, 0.25) is 5.91 Å². The molecule has 136 valence electrons. The van der Waals surface area contributed by atoms with E-state index in [1.54, 1.807) is 24.3 Å². The van der Waals surface area contributed by atoms with Crippen LogP contribution in [0.4, 0.5) is 5.69 Å². The number of halogens is 1. The Kier molecular flexibility index (Phi) is 6.55. The summed E-state index contributed by atoms with van der Waals surface area (Å²) in [5.41, 5.74) is 1.63. The molecule has 2 N–H and O–H groups in total. The van der Waals surface area contributed by atoms with Crippen LogP contribution in [0.3, 0.4) is 0 Å². The van der Waals surface area contributed by atoms with Gasteiger partial charge >= 0.3 is 0 Å². The summed E-state index contributed by atoms with van der Waals surface area (Å²) in [6.07, 6.45) is 0.421. The number of anilines is 1. The summed E-state index contributed by atoms with van der Waals surface area (Å²) in [4.78, 5) is 26.6. The molecule has 0 aliphatic carbocycles. The minimum atomic E-state index is -0.110. The van der Waals surface area contributed by atoms with Crippen LogP contribution in [0.15, 0.2) is 53.0 Å². The zero-order valence-corrected chi connectivity index (χ0v) is 16.1. The minimum Gasteiger partial charge on any atom is -0.370 e. The molecule has 0 radical (unpaired) electrons. The van der Waals surface area contributed by atoms with Crippen LogP contribution in [0.25, 0.3) is 0 Å². The average molecular weight is 418 g/mol. The summed E-state index contributed by atoms with van der Waals surface area (Å²) in [5.74, 6) is -0.186. The van der Waals surface area contributed by atoms with Crippen LogP contribution in [-0.4, -0.2) is 44.5 Å². The van der Waals surface area contributed by atoms with Crippen molar-refractivity contribution in [3.8, 4) is 0 Å². The summed E-state index contributed by atoms with van der Waals surface area (Å²) in [5, 5.41) is 2.90. The Balaban J connectivity index is 1.69. The van der Waals surface area contributed by atoms with Crippen molar-refractivity contribution < 1.29 is 19.2 Å². The lowest BCUT2D eigenvalue weighted by molar-refractivity contribution is -0.907. The fourth-order valence-electron chi connectivity index (χ4n) is 2.97. The first-order valence-corrected chi connectivity index (χ1v) is 9.53. The van der Waals surface area contributed by atoms with Gasteiger partial charge in [0.25, 0.3) is 0 Å². The molecule has 2 aromatic rings. The van der Waals surface area contributed by atoms with Crippen LogP contribution in [-0.2, 0) is 9.53 Å². The van der Waals surface area contributed by atoms with Gasteiger partial charge in [-0.25, -0.2) is 0 Å². The minimum absolute atomic E-state index is 0.0755.